The molecule has 0 bridgehead atoms. The Morgan fingerprint density at radius 2 is 2.00 bits per heavy atom. The van der Waals surface area contributed by atoms with Crippen LogP contribution >= 0.6 is 22.3 Å². The summed E-state index contributed by atoms with van der Waals surface area (Å²) in [5.74, 6) is -1.93. The summed E-state index contributed by atoms with van der Waals surface area (Å²) < 4.78 is 40.7. The maximum Gasteiger partial charge on any atom is 0.339 e. The van der Waals surface area contributed by atoms with Crippen LogP contribution in [0.2, 0.25) is 5.02 Å². The number of unbranched alkanes of at least 4 members (excludes halogenated alkanes) is 2. The lowest BCUT2D eigenvalue weighted by Crippen LogP contribution is -2.09. The van der Waals surface area contributed by atoms with Crippen LogP contribution in [0.5, 0.6) is 0 Å². The van der Waals surface area contributed by atoms with Gasteiger partial charge in [-0.2, -0.15) is 0 Å². The molecule has 0 saturated heterocycles. The molecule has 0 aliphatic carbocycles. The normalized spacial score (nSPS) is 11.4. The molecule has 1 rings (SSSR count). The van der Waals surface area contributed by atoms with Gasteiger partial charge in [-0.1, -0.05) is 31.4 Å². The predicted molar refractivity (Wildman–Crippen MR) is 74.3 cm³/mol. The van der Waals surface area contributed by atoms with Crippen LogP contribution in [-0.4, -0.2) is 21.0 Å². The van der Waals surface area contributed by atoms with E-state index in [2.05, 4.69) is 0 Å². The number of hydrogen-bond donors (Lipinski definition) is 0. The van der Waals surface area contributed by atoms with Crippen molar-refractivity contribution in [2.45, 2.75) is 31.1 Å². The number of carbonyl (C=O) groups excluding carboxylic acids is 1. The molecule has 0 aromatic heterocycles. The molecule has 0 aliphatic heterocycles. The van der Waals surface area contributed by atoms with Crippen LogP contribution < -0.4 is 0 Å². The number of halogens is 3. The van der Waals surface area contributed by atoms with Crippen molar-refractivity contribution >= 4 is 37.3 Å². The average Bonchev–Trinajstić information content (AvgIpc) is 2.32. The summed E-state index contributed by atoms with van der Waals surface area (Å²) >= 11 is 5.71. The van der Waals surface area contributed by atoms with Crippen molar-refractivity contribution in [1.29, 1.82) is 0 Å². The van der Waals surface area contributed by atoms with E-state index in [0.29, 0.717) is 6.42 Å². The summed E-state index contributed by atoms with van der Waals surface area (Å²) in [4.78, 5) is 11.0. The number of esters is 1. The first-order chi connectivity index (χ1) is 9.27. The van der Waals surface area contributed by atoms with E-state index in [9.17, 15) is 17.6 Å². The molecule has 4 nitrogen and oxygen atoms in total. The average molecular weight is 343 g/mol. The number of benzene rings is 1. The quantitative estimate of drug-likeness (QED) is 0.448. The van der Waals surface area contributed by atoms with Crippen molar-refractivity contribution in [2.75, 3.05) is 6.61 Å². The van der Waals surface area contributed by atoms with Crippen molar-refractivity contribution in [2.24, 2.45) is 0 Å². The van der Waals surface area contributed by atoms with Gasteiger partial charge in [-0.3, -0.25) is 0 Å². The van der Waals surface area contributed by atoms with E-state index >= 15 is 0 Å². The highest BCUT2D eigenvalue weighted by molar-refractivity contribution is 8.13. The van der Waals surface area contributed by atoms with Gasteiger partial charge in [0.05, 0.1) is 17.2 Å². The molecule has 0 saturated carbocycles. The maximum atomic E-state index is 13.4. The molecule has 0 unspecified atom stereocenters. The number of rotatable bonds is 6. The first kappa shape index (κ1) is 17.2. The van der Waals surface area contributed by atoms with Crippen molar-refractivity contribution in [3.05, 3.63) is 28.5 Å². The Bertz CT molecular complexity index is 602. The van der Waals surface area contributed by atoms with Gasteiger partial charge in [-0.15, -0.1) is 0 Å². The van der Waals surface area contributed by atoms with Gasteiger partial charge in [0, 0.05) is 10.7 Å². The number of ether oxygens (including phenoxy) is 1. The maximum absolute atomic E-state index is 13.4. The van der Waals surface area contributed by atoms with Gasteiger partial charge in [-0.25, -0.2) is 17.6 Å². The molecule has 0 spiro atoms. The van der Waals surface area contributed by atoms with Gasteiger partial charge in [0.25, 0.3) is 9.05 Å². The molecule has 1 aromatic rings. The van der Waals surface area contributed by atoms with Crippen LogP contribution in [0.25, 0.3) is 0 Å². The SMILES string of the molecule is CCCCCOC(=O)c1cc(S(=O)(=O)Cl)c(F)cc1Cl. The lowest BCUT2D eigenvalue weighted by atomic mass is 10.2. The molecule has 112 valence electrons. The minimum Gasteiger partial charge on any atom is -0.462 e. The fraction of sp³-hybridized carbons (Fsp3) is 0.417. The van der Waals surface area contributed by atoms with Crippen LogP contribution in [0, 0.1) is 5.82 Å². The summed E-state index contributed by atoms with van der Waals surface area (Å²) in [5, 5.41) is -0.230. The van der Waals surface area contributed by atoms with Gasteiger partial charge in [0.2, 0.25) is 0 Å². The summed E-state index contributed by atoms with van der Waals surface area (Å²) in [5.41, 5.74) is -0.233. The lowest BCUT2D eigenvalue weighted by Gasteiger charge is -2.08. The summed E-state index contributed by atoms with van der Waals surface area (Å²) in [6, 6.07) is 1.50. The minimum atomic E-state index is -4.30. The molecular formula is C12H13Cl2FO4S. The third-order valence-corrected chi connectivity index (χ3v) is 4.13. The van der Waals surface area contributed by atoms with Gasteiger partial charge in [0.1, 0.15) is 10.7 Å². The molecule has 20 heavy (non-hydrogen) atoms. The standard InChI is InChI=1S/C12H13Cl2FO4S/c1-2-3-4-5-19-12(16)8-6-11(20(14,17)18)10(15)7-9(8)13/h6-7H,2-5H2,1H3. The smallest absolute Gasteiger partial charge is 0.339 e. The highest BCUT2D eigenvalue weighted by atomic mass is 35.7. The van der Waals surface area contributed by atoms with Gasteiger partial charge < -0.3 is 4.74 Å². The van der Waals surface area contributed by atoms with E-state index < -0.39 is 25.7 Å². The number of carbonyl (C=O) groups is 1. The van der Waals surface area contributed by atoms with E-state index in [0.717, 1.165) is 25.0 Å². The Hall–Kier alpha value is -0.850. The highest BCUT2D eigenvalue weighted by Gasteiger charge is 2.22. The largest absolute Gasteiger partial charge is 0.462 e. The predicted octanol–water partition coefficient (Wildman–Crippen LogP) is 3.75. The van der Waals surface area contributed by atoms with Crippen molar-refractivity contribution in [1.82, 2.24) is 0 Å². The molecule has 1 aromatic carbocycles. The van der Waals surface area contributed by atoms with E-state index in [1.54, 1.807) is 0 Å². The second-order valence-electron chi connectivity index (χ2n) is 4.04. The summed E-state index contributed by atoms with van der Waals surface area (Å²) in [7, 11) is 0.771. The van der Waals surface area contributed by atoms with Gasteiger partial charge in [0.15, 0.2) is 0 Å². The van der Waals surface area contributed by atoms with Crippen molar-refractivity contribution in [3.8, 4) is 0 Å². The fourth-order valence-corrected chi connectivity index (χ4v) is 2.60. The zero-order valence-corrected chi connectivity index (χ0v) is 13.0. The van der Waals surface area contributed by atoms with Crippen molar-refractivity contribution < 1.29 is 22.3 Å². The molecule has 0 amide bonds. The molecule has 0 atom stereocenters. The zero-order valence-electron chi connectivity index (χ0n) is 10.7. The Morgan fingerprint density at radius 3 is 2.55 bits per heavy atom. The molecule has 0 N–H and O–H groups in total. The van der Waals surface area contributed by atoms with Gasteiger partial charge in [-0.05, 0) is 18.6 Å². The van der Waals surface area contributed by atoms with Crippen LogP contribution in [0.15, 0.2) is 17.0 Å². The molecule has 0 aliphatic rings. The van der Waals surface area contributed by atoms with E-state index in [4.69, 9.17) is 27.0 Å². The van der Waals surface area contributed by atoms with E-state index in [-0.39, 0.29) is 17.2 Å². The molecule has 0 heterocycles. The summed E-state index contributed by atoms with van der Waals surface area (Å²) in [6.45, 7) is 2.18. The molecule has 0 fully saturated rings. The Balaban J connectivity index is 2.98. The summed E-state index contributed by atoms with van der Waals surface area (Å²) in [6.07, 6.45) is 2.54. The van der Waals surface area contributed by atoms with Crippen LogP contribution in [-0.2, 0) is 13.8 Å². The Morgan fingerprint density at radius 1 is 1.35 bits per heavy atom. The molecular weight excluding hydrogens is 330 g/mol. The minimum absolute atomic E-state index is 0.184. The highest BCUT2D eigenvalue weighted by Crippen LogP contribution is 2.26. The fourth-order valence-electron chi connectivity index (χ4n) is 1.47. The van der Waals surface area contributed by atoms with E-state index in [1.807, 2.05) is 6.92 Å². The van der Waals surface area contributed by atoms with Crippen LogP contribution in [0.3, 0.4) is 0 Å². The molecule has 0 radical (unpaired) electrons. The first-order valence-electron chi connectivity index (χ1n) is 5.88. The van der Waals surface area contributed by atoms with E-state index in [1.165, 1.54) is 0 Å². The number of hydrogen-bond acceptors (Lipinski definition) is 4. The first-order valence-corrected chi connectivity index (χ1v) is 8.57. The third-order valence-electron chi connectivity index (χ3n) is 2.49. The monoisotopic (exact) mass is 342 g/mol. The third kappa shape index (κ3) is 4.61. The second kappa shape index (κ2) is 7.24. The zero-order chi connectivity index (χ0) is 15.3. The topological polar surface area (TPSA) is 60.4 Å². The second-order valence-corrected chi connectivity index (χ2v) is 6.98. The molecule has 8 heteroatoms. The lowest BCUT2D eigenvalue weighted by molar-refractivity contribution is 0.0498. The van der Waals surface area contributed by atoms with Gasteiger partial charge >= 0.3 is 5.97 Å². The van der Waals surface area contributed by atoms with Crippen LogP contribution in [0.4, 0.5) is 4.39 Å². The van der Waals surface area contributed by atoms with Crippen molar-refractivity contribution in [3.63, 3.8) is 0 Å². The Kier molecular flexibility index (Phi) is 6.23. The Labute approximate surface area is 126 Å². The van der Waals surface area contributed by atoms with Crippen LogP contribution in [0.1, 0.15) is 36.5 Å².